The van der Waals surface area contributed by atoms with E-state index in [4.69, 9.17) is 9.47 Å². The SMILES string of the molecule is CCOCCOc1ccc2ccccc2c1C1Nc2ccccc2C(=O)N1C(C)C. The Morgan fingerprint density at radius 2 is 1.77 bits per heavy atom. The van der Waals surface area contributed by atoms with Gasteiger partial charge in [0.05, 0.1) is 12.2 Å². The number of para-hydroxylation sites is 1. The van der Waals surface area contributed by atoms with Crippen molar-refractivity contribution in [3.63, 3.8) is 0 Å². The third kappa shape index (κ3) is 3.73. The van der Waals surface area contributed by atoms with Crippen LogP contribution in [-0.2, 0) is 4.74 Å². The van der Waals surface area contributed by atoms with Gasteiger partial charge in [-0.15, -0.1) is 0 Å². The smallest absolute Gasteiger partial charge is 0.258 e. The summed E-state index contributed by atoms with van der Waals surface area (Å²) in [4.78, 5) is 15.3. The molecular weight excluding hydrogens is 376 g/mol. The van der Waals surface area contributed by atoms with E-state index in [9.17, 15) is 4.79 Å². The van der Waals surface area contributed by atoms with E-state index in [-0.39, 0.29) is 18.1 Å². The molecule has 0 bridgehead atoms. The van der Waals surface area contributed by atoms with Crippen LogP contribution in [0.5, 0.6) is 5.75 Å². The summed E-state index contributed by atoms with van der Waals surface area (Å²) in [5, 5.41) is 5.79. The molecule has 0 aromatic heterocycles. The summed E-state index contributed by atoms with van der Waals surface area (Å²) in [6.45, 7) is 7.69. The summed E-state index contributed by atoms with van der Waals surface area (Å²) in [6.07, 6.45) is -0.333. The first-order valence-electron chi connectivity index (χ1n) is 10.5. The molecule has 1 unspecified atom stereocenters. The molecule has 0 spiro atoms. The normalized spacial score (nSPS) is 15.9. The molecule has 0 aliphatic carbocycles. The van der Waals surface area contributed by atoms with Crippen LogP contribution in [0.15, 0.2) is 60.7 Å². The Bertz CT molecular complexity index is 1050. The summed E-state index contributed by atoms with van der Waals surface area (Å²) in [5.74, 6) is 0.793. The zero-order chi connectivity index (χ0) is 21.1. The van der Waals surface area contributed by atoms with Crippen molar-refractivity contribution in [2.24, 2.45) is 0 Å². The molecule has 156 valence electrons. The number of nitrogens with one attached hydrogen (secondary N) is 1. The lowest BCUT2D eigenvalue weighted by atomic mass is 9.96. The number of hydrogen-bond donors (Lipinski definition) is 1. The molecule has 1 atom stereocenters. The molecule has 0 saturated carbocycles. The fourth-order valence-electron chi connectivity index (χ4n) is 4.05. The van der Waals surface area contributed by atoms with Crippen molar-refractivity contribution >= 4 is 22.4 Å². The predicted octanol–water partition coefficient (Wildman–Crippen LogP) is 5.23. The number of carbonyl (C=O) groups excluding carboxylic acids is 1. The van der Waals surface area contributed by atoms with Crippen molar-refractivity contribution in [1.82, 2.24) is 4.90 Å². The van der Waals surface area contributed by atoms with Gasteiger partial charge in [0.25, 0.3) is 5.91 Å². The summed E-state index contributed by atoms with van der Waals surface area (Å²) < 4.78 is 11.6. The highest BCUT2D eigenvalue weighted by Gasteiger charge is 2.36. The van der Waals surface area contributed by atoms with Crippen LogP contribution in [0.25, 0.3) is 10.8 Å². The summed E-state index contributed by atoms with van der Waals surface area (Å²) in [5.41, 5.74) is 2.51. The minimum absolute atomic E-state index is 0.0126. The second-order valence-electron chi connectivity index (χ2n) is 7.64. The number of anilines is 1. The number of ether oxygens (including phenoxy) is 2. The minimum Gasteiger partial charge on any atom is -0.491 e. The van der Waals surface area contributed by atoms with Crippen LogP contribution in [0.2, 0.25) is 0 Å². The van der Waals surface area contributed by atoms with Crippen LogP contribution in [-0.4, -0.2) is 36.7 Å². The standard InChI is InChI=1S/C25H28N2O3/c1-4-29-15-16-30-22-14-13-18-9-5-6-10-19(18)23(22)24-26-21-12-8-7-11-20(21)25(28)27(24)17(2)3/h5-14,17,24,26H,4,15-16H2,1-3H3. The second kappa shape index (κ2) is 8.76. The average molecular weight is 405 g/mol. The quantitative estimate of drug-likeness (QED) is 0.548. The lowest BCUT2D eigenvalue weighted by Gasteiger charge is -2.41. The van der Waals surface area contributed by atoms with Crippen LogP contribution < -0.4 is 10.1 Å². The second-order valence-corrected chi connectivity index (χ2v) is 7.64. The Morgan fingerprint density at radius 1 is 1.00 bits per heavy atom. The van der Waals surface area contributed by atoms with E-state index in [1.165, 1.54) is 0 Å². The molecule has 0 fully saturated rings. The Kier molecular flexibility index (Phi) is 5.91. The molecule has 1 N–H and O–H groups in total. The number of fused-ring (bicyclic) bond motifs is 2. The number of carbonyl (C=O) groups is 1. The summed E-state index contributed by atoms with van der Waals surface area (Å²) in [6, 6.07) is 20.0. The molecule has 5 heteroatoms. The largest absolute Gasteiger partial charge is 0.491 e. The Labute approximate surface area is 177 Å². The third-order valence-corrected chi connectivity index (χ3v) is 5.41. The topological polar surface area (TPSA) is 50.8 Å². The lowest BCUT2D eigenvalue weighted by molar-refractivity contribution is 0.0612. The van der Waals surface area contributed by atoms with Gasteiger partial charge in [0.15, 0.2) is 0 Å². The molecule has 3 aromatic carbocycles. The van der Waals surface area contributed by atoms with Crippen LogP contribution in [0.3, 0.4) is 0 Å². The zero-order valence-corrected chi connectivity index (χ0v) is 17.7. The van der Waals surface area contributed by atoms with Crippen molar-refractivity contribution in [1.29, 1.82) is 0 Å². The molecule has 5 nitrogen and oxygen atoms in total. The number of hydrogen-bond acceptors (Lipinski definition) is 4. The molecule has 0 radical (unpaired) electrons. The summed E-state index contributed by atoms with van der Waals surface area (Å²) in [7, 11) is 0. The zero-order valence-electron chi connectivity index (χ0n) is 17.7. The van der Waals surface area contributed by atoms with Gasteiger partial charge < -0.3 is 19.7 Å². The molecule has 30 heavy (non-hydrogen) atoms. The van der Waals surface area contributed by atoms with Gasteiger partial charge in [-0.25, -0.2) is 0 Å². The van der Waals surface area contributed by atoms with Crippen molar-refractivity contribution in [2.75, 3.05) is 25.1 Å². The van der Waals surface area contributed by atoms with Crippen molar-refractivity contribution < 1.29 is 14.3 Å². The predicted molar refractivity (Wildman–Crippen MR) is 120 cm³/mol. The molecular formula is C25H28N2O3. The maximum Gasteiger partial charge on any atom is 0.258 e. The maximum absolute atomic E-state index is 13.4. The van der Waals surface area contributed by atoms with Gasteiger partial charge in [0, 0.05) is 23.9 Å². The van der Waals surface area contributed by atoms with E-state index in [0.717, 1.165) is 27.8 Å². The van der Waals surface area contributed by atoms with E-state index in [1.54, 1.807) is 0 Å². The molecule has 0 saturated heterocycles. The van der Waals surface area contributed by atoms with E-state index >= 15 is 0 Å². The van der Waals surface area contributed by atoms with Gasteiger partial charge in [-0.05, 0) is 49.7 Å². The van der Waals surface area contributed by atoms with Gasteiger partial charge in [-0.2, -0.15) is 0 Å². The lowest BCUT2D eigenvalue weighted by Crippen LogP contribution is -2.46. The van der Waals surface area contributed by atoms with Gasteiger partial charge in [-0.1, -0.05) is 42.5 Å². The van der Waals surface area contributed by atoms with E-state index in [2.05, 4.69) is 23.5 Å². The van der Waals surface area contributed by atoms with Crippen LogP contribution >= 0.6 is 0 Å². The number of amides is 1. The fraction of sp³-hybridized carbons (Fsp3) is 0.320. The van der Waals surface area contributed by atoms with Crippen LogP contribution in [0, 0.1) is 0 Å². The van der Waals surface area contributed by atoms with E-state index < -0.39 is 0 Å². The molecule has 1 aliphatic rings. The monoisotopic (exact) mass is 404 g/mol. The van der Waals surface area contributed by atoms with Gasteiger partial charge in [0.2, 0.25) is 0 Å². The van der Waals surface area contributed by atoms with Crippen molar-refractivity contribution in [3.05, 3.63) is 71.8 Å². The van der Waals surface area contributed by atoms with Gasteiger partial charge in [-0.3, -0.25) is 4.79 Å². The number of benzene rings is 3. The van der Waals surface area contributed by atoms with E-state index in [0.29, 0.717) is 25.4 Å². The Morgan fingerprint density at radius 3 is 2.57 bits per heavy atom. The average Bonchev–Trinajstić information content (AvgIpc) is 2.76. The highest BCUT2D eigenvalue weighted by Crippen LogP contribution is 2.41. The summed E-state index contributed by atoms with van der Waals surface area (Å²) >= 11 is 0. The van der Waals surface area contributed by atoms with Gasteiger partial charge in [0.1, 0.15) is 18.5 Å². The maximum atomic E-state index is 13.4. The number of rotatable bonds is 7. The Hall–Kier alpha value is -3.05. The fourth-order valence-corrected chi connectivity index (χ4v) is 4.05. The highest BCUT2D eigenvalue weighted by molar-refractivity contribution is 6.02. The molecule has 3 aromatic rings. The Balaban J connectivity index is 1.84. The third-order valence-electron chi connectivity index (χ3n) is 5.41. The molecule has 1 heterocycles. The highest BCUT2D eigenvalue weighted by atomic mass is 16.5. The number of nitrogens with zero attached hydrogens (tertiary/aromatic N) is 1. The molecule has 4 rings (SSSR count). The first kappa shape index (κ1) is 20.2. The van der Waals surface area contributed by atoms with Gasteiger partial charge >= 0.3 is 0 Å². The first-order valence-corrected chi connectivity index (χ1v) is 10.5. The van der Waals surface area contributed by atoms with Crippen molar-refractivity contribution in [2.45, 2.75) is 33.0 Å². The van der Waals surface area contributed by atoms with Crippen LogP contribution in [0.4, 0.5) is 5.69 Å². The van der Waals surface area contributed by atoms with Crippen LogP contribution in [0.1, 0.15) is 42.9 Å². The van der Waals surface area contributed by atoms with Crippen molar-refractivity contribution in [3.8, 4) is 5.75 Å². The molecule has 1 amide bonds. The minimum atomic E-state index is -0.333. The first-order chi connectivity index (χ1) is 14.6. The van der Waals surface area contributed by atoms with E-state index in [1.807, 2.05) is 68.1 Å². The molecule has 1 aliphatic heterocycles.